The van der Waals surface area contributed by atoms with Gasteiger partial charge in [-0.15, -0.1) is 0 Å². The smallest absolute Gasteiger partial charge is 1.00 e. The van der Waals surface area contributed by atoms with E-state index in [2.05, 4.69) is 0 Å². The summed E-state index contributed by atoms with van der Waals surface area (Å²) < 4.78 is 0. The van der Waals surface area contributed by atoms with E-state index in [1.54, 1.807) is 0 Å². The van der Waals surface area contributed by atoms with Crippen molar-refractivity contribution in [2.75, 3.05) is 0 Å². The molecule has 0 aliphatic heterocycles. The molecule has 0 heterocycles. The van der Waals surface area contributed by atoms with Crippen LogP contribution in [0.2, 0.25) is 0 Å². The van der Waals surface area contributed by atoms with Gasteiger partial charge in [-0.05, 0) is 0 Å². The molecule has 0 atom stereocenters. The Morgan fingerprint density at radius 3 is 0.750 bits per heavy atom. The molecule has 0 fully saturated rings. The van der Waals surface area contributed by atoms with Gasteiger partial charge < -0.3 is 29.5 Å². The summed E-state index contributed by atoms with van der Waals surface area (Å²) in [5.74, 6) is 0. The predicted octanol–water partition coefficient (Wildman–Crippen LogP) is -9.16. The zero-order chi connectivity index (χ0) is 0. The van der Waals surface area contributed by atoms with Gasteiger partial charge in [0.15, 0.2) is 0 Å². The van der Waals surface area contributed by atoms with Gasteiger partial charge in [0.05, 0.1) is 0 Å². The van der Waals surface area contributed by atoms with Gasteiger partial charge in [-0.3, -0.25) is 0 Å². The fourth-order valence-electron chi connectivity index (χ4n) is 0. The Hall–Kier alpha value is 2.69. The molecule has 0 amide bonds. The molecule has 4 heteroatoms. The van der Waals surface area contributed by atoms with Crippen LogP contribution in [0.15, 0.2) is 0 Å². The largest absolute Gasteiger partial charge is 1.00 e. The number of rotatable bonds is 0. The summed E-state index contributed by atoms with van der Waals surface area (Å²) in [5.41, 5.74) is 0. The van der Waals surface area contributed by atoms with Gasteiger partial charge in [0.2, 0.25) is 0 Å². The third kappa shape index (κ3) is 8.83. The van der Waals surface area contributed by atoms with Gasteiger partial charge in [-0.1, -0.05) is 0 Å². The average molecular weight is 190 g/mol. The summed E-state index contributed by atoms with van der Waals surface area (Å²) in [7, 11) is 0. The Kier molecular flexibility index (Phi) is 129. The molecule has 0 saturated carbocycles. The van der Waals surface area contributed by atoms with Crippen LogP contribution in [0.5, 0.6) is 0 Å². The van der Waals surface area contributed by atoms with Crippen molar-refractivity contribution in [3.63, 3.8) is 0 Å². The third-order valence-electron chi connectivity index (χ3n) is 0. The molecule has 0 spiro atoms. The Bertz CT molecular complexity index is 6.00. The van der Waals surface area contributed by atoms with Crippen LogP contribution in [-0.4, -0.2) is 5.48 Å². The fraction of sp³-hybridized carbons (Fsp3) is 0. The van der Waals surface area contributed by atoms with E-state index < -0.39 is 0 Å². The summed E-state index contributed by atoms with van der Waals surface area (Å²) in [5, 5.41) is 0. The van der Waals surface area contributed by atoms with Gasteiger partial charge in [-0.25, -0.2) is 0 Å². The van der Waals surface area contributed by atoms with Crippen LogP contribution in [0.1, 0.15) is 0 Å². The maximum Gasteiger partial charge on any atom is 1.00 e. The Morgan fingerprint density at radius 2 is 0.750 bits per heavy atom. The fourth-order valence-corrected chi connectivity index (χ4v) is 0. The SMILES string of the molecule is [I-].[Na+].[Na+].[OH-]. The van der Waals surface area contributed by atoms with Crippen molar-refractivity contribution in [2.24, 2.45) is 0 Å². The molecule has 0 aliphatic rings. The summed E-state index contributed by atoms with van der Waals surface area (Å²) in [4.78, 5) is 0. The quantitative estimate of drug-likeness (QED) is 0.275. The number of hydrogen-bond acceptors (Lipinski definition) is 1. The van der Waals surface area contributed by atoms with E-state index in [0.717, 1.165) is 0 Å². The zero-order valence-electron chi connectivity index (χ0n) is 2.83. The molecule has 0 aromatic heterocycles. The van der Waals surface area contributed by atoms with E-state index in [9.17, 15) is 0 Å². The molecule has 0 aromatic carbocycles. The van der Waals surface area contributed by atoms with Crippen molar-refractivity contribution in [3.05, 3.63) is 0 Å². The van der Waals surface area contributed by atoms with Gasteiger partial charge in [0.25, 0.3) is 0 Å². The first-order chi connectivity index (χ1) is 0. The van der Waals surface area contributed by atoms with E-state index in [0.29, 0.717) is 0 Å². The van der Waals surface area contributed by atoms with Gasteiger partial charge in [-0.2, -0.15) is 0 Å². The van der Waals surface area contributed by atoms with E-state index in [1.807, 2.05) is 0 Å². The number of hydrogen-bond donors (Lipinski definition) is 0. The van der Waals surface area contributed by atoms with Crippen molar-refractivity contribution in [3.8, 4) is 0 Å². The molecular weight excluding hydrogens is 189 g/mol. The maximum atomic E-state index is 0. The van der Waals surface area contributed by atoms with Crippen molar-refractivity contribution in [1.29, 1.82) is 0 Å². The van der Waals surface area contributed by atoms with Crippen LogP contribution in [0.25, 0.3) is 0 Å². The second kappa shape index (κ2) is 17.3. The Labute approximate surface area is 86.8 Å². The molecule has 16 valence electrons. The third-order valence-corrected chi connectivity index (χ3v) is 0. The van der Waals surface area contributed by atoms with Gasteiger partial charge >= 0.3 is 59.1 Å². The van der Waals surface area contributed by atoms with Crippen LogP contribution in [0, 0.1) is 0 Å². The summed E-state index contributed by atoms with van der Waals surface area (Å²) in [6, 6.07) is 0. The molecule has 0 saturated heterocycles. The first-order valence-corrected chi connectivity index (χ1v) is 0. The predicted molar refractivity (Wildman–Crippen MR) is 1.94 cm³/mol. The monoisotopic (exact) mass is 190 g/mol. The van der Waals surface area contributed by atoms with Gasteiger partial charge in [0, 0.05) is 0 Å². The van der Waals surface area contributed by atoms with Crippen molar-refractivity contribution in [2.45, 2.75) is 0 Å². The molecule has 1 N–H and O–H groups in total. The van der Waals surface area contributed by atoms with E-state index >= 15 is 0 Å². The van der Waals surface area contributed by atoms with Crippen LogP contribution in [-0.2, 0) is 0 Å². The van der Waals surface area contributed by atoms with Crippen LogP contribution >= 0.6 is 0 Å². The molecule has 4 heavy (non-hydrogen) atoms. The molecule has 0 aliphatic carbocycles. The van der Waals surface area contributed by atoms with Crippen molar-refractivity contribution in [1.82, 2.24) is 0 Å². The standard InChI is InChI=1S/HI.2Na.H2O/h1H;;;1H2/q;2*+1;/p-2. The summed E-state index contributed by atoms with van der Waals surface area (Å²) >= 11 is 0. The topological polar surface area (TPSA) is 30.0 Å². The van der Waals surface area contributed by atoms with E-state index in [4.69, 9.17) is 0 Å². The van der Waals surface area contributed by atoms with Crippen molar-refractivity contribution < 1.29 is 88.6 Å². The normalized spacial score (nSPS) is 0. The molecule has 0 aromatic rings. The zero-order valence-corrected chi connectivity index (χ0v) is 8.98. The second-order valence-electron chi connectivity index (χ2n) is 0. The minimum absolute atomic E-state index is 0. The van der Waals surface area contributed by atoms with E-state index in [1.165, 1.54) is 0 Å². The first-order valence-electron chi connectivity index (χ1n) is 0. The molecular formula is HINa2O. The van der Waals surface area contributed by atoms with Crippen LogP contribution < -0.4 is 83.1 Å². The van der Waals surface area contributed by atoms with Gasteiger partial charge in [0.1, 0.15) is 0 Å². The summed E-state index contributed by atoms with van der Waals surface area (Å²) in [6.45, 7) is 0. The molecule has 1 nitrogen and oxygen atoms in total. The average Bonchev–Trinajstić information content (AvgIpc) is 0. The summed E-state index contributed by atoms with van der Waals surface area (Å²) in [6.07, 6.45) is 0. The minimum Gasteiger partial charge on any atom is -1.00 e. The molecule has 0 radical (unpaired) electrons. The molecule has 0 rings (SSSR count). The Balaban J connectivity index is 0. The molecule has 0 unspecified atom stereocenters. The molecule has 0 bridgehead atoms. The minimum atomic E-state index is 0. The second-order valence-corrected chi connectivity index (χ2v) is 0. The first kappa shape index (κ1) is 29.9. The van der Waals surface area contributed by atoms with E-state index in [-0.39, 0.29) is 88.6 Å². The van der Waals surface area contributed by atoms with Crippen LogP contribution in [0.4, 0.5) is 0 Å². The maximum absolute atomic E-state index is 0. The number of halogens is 1. The van der Waals surface area contributed by atoms with Crippen molar-refractivity contribution >= 4 is 0 Å². The van der Waals surface area contributed by atoms with Crippen LogP contribution in [0.3, 0.4) is 0 Å². The Morgan fingerprint density at radius 1 is 0.750 bits per heavy atom.